The normalized spacial score (nSPS) is 15.7. The number of aliphatic hydroxyl groups is 1. The number of benzene rings is 1. The van der Waals surface area contributed by atoms with Crippen LogP contribution in [0.25, 0.3) is 5.57 Å². The van der Waals surface area contributed by atoms with Gasteiger partial charge in [0.2, 0.25) is 0 Å². The number of allylic oxidation sites excluding steroid dienone is 4. The Kier molecular flexibility index (Phi) is 4.93. The SMILES string of the molecule is Cc1nccn1CC(O)COC1=CC(c2ccccc2)=CCC1. The van der Waals surface area contributed by atoms with E-state index in [1.807, 2.05) is 35.9 Å². The molecule has 2 aromatic rings. The van der Waals surface area contributed by atoms with Crippen LogP contribution in [0.1, 0.15) is 24.2 Å². The van der Waals surface area contributed by atoms with Gasteiger partial charge in [0.1, 0.15) is 18.5 Å². The van der Waals surface area contributed by atoms with Gasteiger partial charge in [-0.15, -0.1) is 0 Å². The first kappa shape index (κ1) is 15.6. The third kappa shape index (κ3) is 4.11. The zero-order valence-corrected chi connectivity index (χ0v) is 13.4. The molecule has 0 spiro atoms. The molecule has 1 aromatic carbocycles. The third-order valence-electron chi connectivity index (χ3n) is 3.97. The predicted molar refractivity (Wildman–Crippen MR) is 90.7 cm³/mol. The average Bonchev–Trinajstić information content (AvgIpc) is 2.99. The molecule has 0 radical (unpaired) electrons. The number of aryl methyl sites for hydroxylation is 1. The third-order valence-corrected chi connectivity index (χ3v) is 3.97. The lowest BCUT2D eigenvalue weighted by Crippen LogP contribution is -2.22. The quantitative estimate of drug-likeness (QED) is 0.890. The smallest absolute Gasteiger partial charge is 0.115 e. The maximum Gasteiger partial charge on any atom is 0.115 e. The van der Waals surface area contributed by atoms with Crippen molar-refractivity contribution in [3.8, 4) is 0 Å². The van der Waals surface area contributed by atoms with Crippen molar-refractivity contribution in [2.75, 3.05) is 6.61 Å². The lowest BCUT2D eigenvalue weighted by Gasteiger charge is -2.18. The van der Waals surface area contributed by atoms with E-state index in [-0.39, 0.29) is 0 Å². The maximum absolute atomic E-state index is 10.1. The van der Waals surface area contributed by atoms with Crippen LogP contribution in [0, 0.1) is 6.92 Å². The van der Waals surface area contributed by atoms with E-state index in [9.17, 15) is 5.11 Å². The molecule has 0 fully saturated rings. The fourth-order valence-electron chi connectivity index (χ4n) is 2.70. The highest BCUT2D eigenvalue weighted by Crippen LogP contribution is 2.25. The Balaban J connectivity index is 1.57. The molecule has 3 rings (SSSR count). The zero-order chi connectivity index (χ0) is 16.1. The summed E-state index contributed by atoms with van der Waals surface area (Å²) in [6.07, 6.45) is 9.22. The standard InChI is InChI=1S/C19H22N2O2/c1-15-20-10-11-21(15)13-18(22)14-23-19-9-5-8-17(12-19)16-6-3-2-4-7-16/h2-4,6-8,10-12,18,22H,5,9,13-14H2,1H3. The Labute approximate surface area is 136 Å². The number of hydrogen-bond acceptors (Lipinski definition) is 3. The highest BCUT2D eigenvalue weighted by Gasteiger charge is 2.12. The number of rotatable bonds is 6. The summed E-state index contributed by atoms with van der Waals surface area (Å²) in [6.45, 7) is 2.72. The van der Waals surface area contributed by atoms with Gasteiger partial charge in [0.15, 0.2) is 0 Å². The van der Waals surface area contributed by atoms with Gasteiger partial charge in [0.25, 0.3) is 0 Å². The van der Waals surface area contributed by atoms with Gasteiger partial charge in [-0.2, -0.15) is 0 Å². The van der Waals surface area contributed by atoms with E-state index in [0.717, 1.165) is 24.4 Å². The summed E-state index contributed by atoms with van der Waals surface area (Å²) in [7, 11) is 0. The molecule has 0 amide bonds. The van der Waals surface area contributed by atoms with E-state index in [1.165, 1.54) is 11.1 Å². The number of imidazole rings is 1. The van der Waals surface area contributed by atoms with E-state index < -0.39 is 6.10 Å². The van der Waals surface area contributed by atoms with Gasteiger partial charge in [-0.3, -0.25) is 0 Å². The van der Waals surface area contributed by atoms with Crippen molar-refractivity contribution >= 4 is 5.57 Å². The Morgan fingerprint density at radius 3 is 2.87 bits per heavy atom. The maximum atomic E-state index is 10.1. The minimum Gasteiger partial charge on any atom is -0.495 e. The van der Waals surface area contributed by atoms with Crippen LogP contribution >= 0.6 is 0 Å². The largest absolute Gasteiger partial charge is 0.495 e. The molecule has 1 atom stereocenters. The molecule has 0 saturated carbocycles. The summed E-state index contributed by atoms with van der Waals surface area (Å²) in [6, 6.07) is 10.3. The van der Waals surface area contributed by atoms with E-state index >= 15 is 0 Å². The molecule has 1 aromatic heterocycles. The summed E-state index contributed by atoms with van der Waals surface area (Å²) >= 11 is 0. The zero-order valence-electron chi connectivity index (χ0n) is 13.4. The second-order valence-electron chi connectivity index (χ2n) is 5.77. The highest BCUT2D eigenvalue weighted by molar-refractivity contribution is 5.75. The summed E-state index contributed by atoms with van der Waals surface area (Å²) < 4.78 is 7.75. The van der Waals surface area contributed by atoms with Gasteiger partial charge in [-0.25, -0.2) is 4.98 Å². The molecule has 0 aliphatic heterocycles. The monoisotopic (exact) mass is 310 g/mol. The summed E-state index contributed by atoms with van der Waals surface area (Å²) in [5, 5.41) is 10.1. The van der Waals surface area contributed by atoms with Gasteiger partial charge in [0, 0.05) is 18.8 Å². The number of hydrogen-bond donors (Lipinski definition) is 1. The van der Waals surface area contributed by atoms with Crippen molar-refractivity contribution in [2.45, 2.75) is 32.4 Å². The minimum atomic E-state index is -0.546. The van der Waals surface area contributed by atoms with Crippen molar-refractivity contribution in [1.82, 2.24) is 9.55 Å². The molecule has 1 heterocycles. The fraction of sp³-hybridized carbons (Fsp3) is 0.316. The van der Waals surface area contributed by atoms with E-state index in [1.54, 1.807) is 6.20 Å². The predicted octanol–water partition coefficient (Wildman–Crippen LogP) is 3.33. The van der Waals surface area contributed by atoms with Gasteiger partial charge >= 0.3 is 0 Å². The lowest BCUT2D eigenvalue weighted by molar-refractivity contribution is 0.0567. The first-order valence-corrected chi connectivity index (χ1v) is 7.97. The van der Waals surface area contributed by atoms with Crippen LogP contribution in [-0.2, 0) is 11.3 Å². The topological polar surface area (TPSA) is 47.3 Å². The molecule has 1 unspecified atom stereocenters. The van der Waals surface area contributed by atoms with Crippen LogP contribution in [0.4, 0.5) is 0 Å². The highest BCUT2D eigenvalue weighted by atomic mass is 16.5. The summed E-state index contributed by atoms with van der Waals surface area (Å²) in [5.74, 6) is 1.84. The van der Waals surface area contributed by atoms with Crippen molar-refractivity contribution in [1.29, 1.82) is 0 Å². The van der Waals surface area contributed by atoms with Crippen molar-refractivity contribution in [2.24, 2.45) is 0 Å². The molecule has 0 saturated heterocycles. The second kappa shape index (κ2) is 7.29. The van der Waals surface area contributed by atoms with Gasteiger partial charge in [-0.1, -0.05) is 36.4 Å². The van der Waals surface area contributed by atoms with Gasteiger partial charge < -0.3 is 14.4 Å². The van der Waals surface area contributed by atoms with Gasteiger partial charge in [0.05, 0.1) is 12.3 Å². The molecule has 1 N–H and O–H groups in total. The molecule has 4 heteroatoms. The molecule has 23 heavy (non-hydrogen) atoms. The van der Waals surface area contributed by atoms with E-state index in [2.05, 4.69) is 29.3 Å². The second-order valence-corrected chi connectivity index (χ2v) is 5.77. The number of nitrogens with zero attached hydrogens (tertiary/aromatic N) is 2. The van der Waals surface area contributed by atoms with Crippen LogP contribution < -0.4 is 0 Å². The molecule has 4 nitrogen and oxygen atoms in total. The van der Waals surface area contributed by atoms with Crippen molar-refractivity contribution in [3.63, 3.8) is 0 Å². The van der Waals surface area contributed by atoms with Crippen LogP contribution in [0.3, 0.4) is 0 Å². The van der Waals surface area contributed by atoms with E-state index in [4.69, 9.17) is 4.74 Å². The Morgan fingerprint density at radius 1 is 1.30 bits per heavy atom. The first-order valence-electron chi connectivity index (χ1n) is 7.97. The minimum absolute atomic E-state index is 0.297. The van der Waals surface area contributed by atoms with Crippen LogP contribution in [0.15, 0.2) is 60.6 Å². The van der Waals surface area contributed by atoms with Crippen LogP contribution in [0.2, 0.25) is 0 Å². The van der Waals surface area contributed by atoms with Crippen molar-refractivity contribution < 1.29 is 9.84 Å². The molecule has 0 bridgehead atoms. The van der Waals surface area contributed by atoms with E-state index in [0.29, 0.717) is 13.2 Å². The average molecular weight is 310 g/mol. The lowest BCUT2D eigenvalue weighted by atomic mass is 9.99. The fourth-order valence-corrected chi connectivity index (χ4v) is 2.70. The number of aromatic nitrogens is 2. The van der Waals surface area contributed by atoms with Crippen LogP contribution in [-0.4, -0.2) is 27.4 Å². The first-order chi connectivity index (χ1) is 11.2. The molecular formula is C19H22N2O2. The molecular weight excluding hydrogens is 288 g/mol. The van der Waals surface area contributed by atoms with Crippen molar-refractivity contribution in [3.05, 3.63) is 72.0 Å². The molecule has 120 valence electrons. The Bertz CT molecular complexity index is 701. The molecule has 1 aliphatic rings. The molecule has 1 aliphatic carbocycles. The number of ether oxygens (including phenoxy) is 1. The Morgan fingerprint density at radius 2 is 2.13 bits per heavy atom. The Hall–Kier alpha value is -2.33. The number of aliphatic hydroxyl groups excluding tert-OH is 1. The van der Waals surface area contributed by atoms with Crippen LogP contribution in [0.5, 0.6) is 0 Å². The summed E-state index contributed by atoms with van der Waals surface area (Å²) in [4.78, 5) is 4.16. The van der Waals surface area contributed by atoms with Gasteiger partial charge in [-0.05, 0) is 30.6 Å². The summed E-state index contributed by atoms with van der Waals surface area (Å²) in [5.41, 5.74) is 2.38.